The van der Waals surface area contributed by atoms with Crippen LogP contribution in [-0.2, 0) is 6.61 Å². The number of nitrogens with one attached hydrogen (secondary N) is 1. The van der Waals surface area contributed by atoms with E-state index in [2.05, 4.69) is 15.3 Å². The van der Waals surface area contributed by atoms with Gasteiger partial charge in [0.1, 0.15) is 23.9 Å². The molecule has 0 bridgehead atoms. The number of amides is 1. The van der Waals surface area contributed by atoms with E-state index in [4.69, 9.17) is 10.5 Å². The number of nitrogens with two attached hydrogens (primary N) is 1. The zero-order chi connectivity index (χ0) is 25.2. The van der Waals surface area contributed by atoms with Gasteiger partial charge in [0.2, 0.25) is 0 Å². The molecule has 0 aliphatic carbocycles. The van der Waals surface area contributed by atoms with Gasteiger partial charge in [0, 0.05) is 41.8 Å². The summed E-state index contributed by atoms with van der Waals surface area (Å²) in [5, 5.41) is 2.88. The van der Waals surface area contributed by atoms with Crippen LogP contribution >= 0.6 is 0 Å². The molecule has 182 valence electrons. The van der Waals surface area contributed by atoms with E-state index in [0.29, 0.717) is 29.0 Å². The normalized spacial score (nSPS) is 13.0. The number of hydrogen-bond acceptors (Lipinski definition) is 5. The first-order chi connectivity index (χ1) is 16.7. The Kier molecular flexibility index (Phi) is 6.79. The van der Waals surface area contributed by atoms with Crippen molar-refractivity contribution < 1.29 is 18.3 Å². The van der Waals surface area contributed by atoms with Gasteiger partial charge < -0.3 is 15.8 Å². The maximum atomic E-state index is 14.2. The number of carbonyl (C=O) groups is 1. The number of pyridine rings is 2. The SMILES string of the molecule is CCC(C)(N)CNC(=O)c1c(C)nc2c(OCc3c(F)cccc3F)cc(-c3cccnc3)cn12. The minimum absolute atomic E-state index is 0.194. The molecule has 1 atom stereocenters. The minimum Gasteiger partial charge on any atom is -0.485 e. The van der Waals surface area contributed by atoms with Gasteiger partial charge >= 0.3 is 0 Å². The molecule has 0 spiro atoms. The Morgan fingerprint density at radius 1 is 1.20 bits per heavy atom. The van der Waals surface area contributed by atoms with E-state index >= 15 is 0 Å². The second kappa shape index (κ2) is 9.79. The number of rotatable bonds is 8. The van der Waals surface area contributed by atoms with Crippen molar-refractivity contribution in [1.29, 1.82) is 0 Å². The summed E-state index contributed by atoms with van der Waals surface area (Å²) in [6, 6.07) is 9.00. The molecule has 0 aliphatic rings. The Hall–Kier alpha value is -3.85. The Morgan fingerprint density at radius 3 is 2.60 bits per heavy atom. The molecule has 4 aromatic rings. The number of halogens is 2. The lowest BCUT2D eigenvalue weighted by molar-refractivity contribution is 0.0937. The third kappa shape index (κ3) is 5.14. The quantitative estimate of drug-likeness (QED) is 0.390. The molecular weight excluding hydrogens is 452 g/mol. The van der Waals surface area contributed by atoms with Gasteiger partial charge in [0.05, 0.1) is 11.3 Å². The van der Waals surface area contributed by atoms with E-state index in [1.165, 1.54) is 18.2 Å². The molecule has 1 aromatic carbocycles. The second-order valence-corrected chi connectivity index (χ2v) is 8.75. The number of fused-ring (bicyclic) bond motifs is 1. The third-order valence-electron chi connectivity index (χ3n) is 5.96. The van der Waals surface area contributed by atoms with Crippen molar-refractivity contribution in [3.8, 4) is 16.9 Å². The molecule has 0 fully saturated rings. The molecule has 1 unspecified atom stereocenters. The lowest BCUT2D eigenvalue weighted by Gasteiger charge is -2.23. The fourth-order valence-electron chi connectivity index (χ4n) is 3.61. The van der Waals surface area contributed by atoms with E-state index in [-0.39, 0.29) is 30.4 Å². The summed E-state index contributed by atoms with van der Waals surface area (Å²) in [4.78, 5) is 21.8. The zero-order valence-electron chi connectivity index (χ0n) is 19.8. The van der Waals surface area contributed by atoms with Gasteiger partial charge in [-0.2, -0.15) is 0 Å². The first-order valence-corrected chi connectivity index (χ1v) is 11.3. The Labute approximate surface area is 202 Å². The average Bonchev–Trinajstić information content (AvgIpc) is 3.18. The zero-order valence-corrected chi connectivity index (χ0v) is 19.8. The van der Waals surface area contributed by atoms with Crippen molar-refractivity contribution in [2.45, 2.75) is 39.3 Å². The maximum absolute atomic E-state index is 14.2. The van der Waals surface area contributed by atoms with E-state index in [1.54, 1.807) is 42.0 Å². The Morgan fingerprint density at radius 2 is 1.94 bits per heavy atom. The number of hydrogen-bond donors (Lipinski definition) is 2. The van der Waals surface area contributed by atoms with Crippen molar-refractivity contribution in [2.75, 3.05) is 6.54 Å². The summed E-state index contributed by atoms with van der Waals surface area (Å²) in [5.41, 5.74) is 8.05. The molecule has 7 nitrogen and oxygen atoms in total. The molecule has 3 heterocycles. The van der Waals surface area contributed by atoms with Crippen molar-refractivity contribution in [3.05, 3.63) is 83.6 Å². The van der Waals surface area contributed by atoms with Crippen molar-refractivity contribution in [1.82, 2.24) is 19.7 Å². The summed E-state index contributed by atoms with van der Waals surface area (Å²) >= 11 is 0. The summed E-state index contributed by atoms with van der Waals surface area (Å²) in [6.45, 7) is 5.47. The number of nitrogens with zero attached hydrogens (tertiary/aromatic N) is 3. The van der Waals surface area contributed by atoms with E-state index < -0.39 is 17.2 Å². The molecule has 0 radical (unpaired) electrons. The summed E-state index contributed by atoms with van der Waals surface area (Å²) in [5.74, 6) is -1.47. The highest BCUT2D eigenvalue weighted by Crippen LogP contribution is 2.30. The van der Waals surface area contributed by atoms with Crippen LogP contribution in [0.2, 0.25) is 0 Å². The number of ether oxygens (including phenoxy) is 1. The first kappa shape index (κ1) is 24.3. The number of benzene rings is 1. The van der Waals surface area contributed by atoms with Crippen molar-refractivity contribution in [2.24, 2.45) is 5.73 Å². The van der Waals surface area contributed by atoms with Crippen LogP contribution in [0, 0.1) is 18.6 Å². The van der Waals surface area contributed by atoms with Gasteiger partial charge in [-0.3, -0.25) is 14.2 Å². The first-order valence-electron chi connectivity index (χ1n) is 11.3. The van der Waals surface area contributed by atoms with Crippen LogP contribution in [0.15, 0.2) is 55.0 Å². The fourth-order valence-corrected chi connectivity index (χ4v) is 3.61. The molecule has 3 aromatic heterocycles. The van der Waals surface area contributed by atoms with Crippen LogP contribution in [0.3, 0.4) is 0 Å². The standard InChI is InChI=1S/C26H27F2N5O2/c1-4-26(3,29)15-31-25(34)23-16(2)32-24-22(35-14-19-20(27)8-5-9-21(19)28)11-18(13-33(23)24)17-7-6-10-30-12-17/h5-13H,4,14-15,29H2,1-3H3,(H,31,34). The fraction of sp³-hybridized carbons (Fsp3) is 0.269. The smallest absolute Gasteiger partial charge is 0.270 e. The molecule has 0 saturated carbocycles. The molecule has 4 rings (SSSR count). The number of carbonyl (C=O) groups excluding carboxylic acids is 1. The molecule has 0 saturated heterocycles. The highest BCUT2D eigenvalue weighted by Gasteiger charge is 2.23. The Bertz CT molecular complexity index is 1350. The van der Waals surface area contributed by atoms with Crippen LogP contribution in [0.4, 0.5) is 8.78 Å². The molecule has 3 N–H and O–H groups in total. The highest BCUT2D eigenvalue weighted by atomic mass is 19.1. The van der Waals surface area contributed by atoms with E-state index in [1.807, 2.05) is 19.9 Å². The lowest BCUT2D eigenvalue weighted by Crippen LogP contribution is -2.47. The largest absolute Gasteiger partial charge is 0.485 e. The predicted octanol–water partition coefficient (Wildman–Crippen LogP) is 4.42. The van der Waals surface area contributed by atoms with Gasteiger partial charge in [0.25, 0.3) is 5.91 Å². The van der Waals surface area contributed by atoms with Crippen LogP contribution < -0.4 is 15.8 Å². The van der Waals surface area contributed by atoms with Gasteiger partial charge in [-0.1, -0.05) is 19.1 Å². The minimum atomic E-state index is -0.704. The molecule has 35 heavy (non-hydrogen) atoms. The highest BCUT2D eigenvalue weighted by molar-refractivity contribution is 5.95. The van der Waals surface area contributed by atoms with Crippen LogP contribution in [0.25, 0.3) is 16.8 Å². The van der Waals surface area contributed by atoms with Crippen LogP contribution in [-0.4, -0.2) is 32.4 Å². The van der Waals surface area contributed by atoms with Crippen molar-refractivity contribution >= 4 is 11.6 Å². The summed E-state index contributed by atoms with van der Waals surface area (Å²) < 4.78 is 35.9. The molecular formula is C26H27F2N5O2. The Balaban J connectivity index is 1.78. The summed E-state index contributed by atoms with van der Waals surface area (Å²) in [7, 11) is 0. The van der Waals surface area contributed by atoms with Gasteiger partial charge in [-0.05, 0) is 44.5 Å². The number of aromatic nitrogens is 3. The van der Waals surface area contributed by atoms with Crippen LogP contribution in [0.5, 0.6) is 5.75 Å². The van der Waals surface area contributed by atoms with Gasteiger partial charge in [-0.25, -0.2) is 13.8 Å². The molecule has 1 amide bonds. The third-order valence-corrected chi connectivity index (χ3v) is 5.96. The predicted molar refractivity (Wildman–Crippen MR) is 129 cm³/mol. The monoisotopic (exact) mass is 479 g/mol. The topological polar surface area (TPSA) is 94.5 Å². The maximum Gasteiger partial charge on any atom is 0.270 e. The van der Waals surface area contributed by atoms with Crippen molar-refractivity contribution in [3.63, 3.8) is 0 Å². The van der Waals surface area contributed by atoms with E-state index in [0.717, 1.165) is 5.56 Å². The van der Waals surface area contributed by atoms with Gasteiger partial charge in [-0.15, -0.1) is 0 Å². The molecule has 9 heteroatoms. The average molecular weight is 480 g/mol. The van der Waals surface area contributed by atoms with E-state index in [9.17, 15) is 13.6 Å². The number of aryl methyl sites for hydroxylation is 1. The second-order valence-electron chi connectivity index (χ2n) is 8.75. The lowest BCUT2D eigenvalue weighted by atomic mass is 10.0. The summed E-state index contributed by atoms with van der Waals surface area (Å²) in [6.07, 6.45) is 5.78. The van der Waals surface area contributed by atoms with Crippen LogP contribution in [0.1, 0.15) is 42.0 Å². The van der Waals surface area contributed by atoms with Gasteiger partial charge in [0.15, 0.2) is 11.4 Å². The number of imidazole rings is 1. The molecule has 0 aliphatic heterocycles.